The van der Waals surface area contributed by atoms with E-state index in [0.29, 0.717) is 17.1 Å². The van der Waals surface area contributed by atoms with Crippen molar-refractivity contribution in [3.63, 3.8) is 0 Å². The Morgan fingerprint density at radius 2 is 2.11 bits per heavy atom. The van der Waals surface area contributed by atoms with Gasteiger partial charge in [-0.05, 0) is 44.5 Å². The smallest absolute Gasteiger partial charge is 0.254 e. The maximum Gasteiger partial charge on any atom is 0.254 e. The molecule has 0 aromatic heterocycles. The predicted octanol–water partition coefficient (Wildman–Crippen LogP) is 2.89. The molecule has 0 saturated carbocycles. The summed E-state index contributed by atoms with van der Waals surface area (Å²) in [6, 6.07) is 5.60. The summed E-state index contributed by atoms with van der Waals surface area (Å²) < 4.78 is 0.990. The van der Waals surface area contributed by atoms with E-state index in [9.17, 15) is 4.79 Å². The Bertz CT molecular complexity index is 474. The second-order valence-corrected chi connectivity index (χ2v) is 5.84. The zero-order valence-electron chi connectivity index (χ0n) is 10.7. The van der Waals surface area contributed by atoms with E-state index in [1.165, 1.54) is 0 Å². The standard InChI is InChI=1S/C13H17BrN2OS/c1-8(2)16(7-12(15)18)13(17)10-4-5-11(14)9(3)6-10/h4-6,8H,7H2,1-3H3,(H2,15,18). The van der Waals surface area contributed by atoms with E-state index < -0.39 is 0 Å². The number of nitrogens with zero attached hydrogens (tertiary/aromatic N) is 1. The number of carbonyl (C=O) groups is 1. The van der Waals surface area contributed by atoms with Crippen LogP contribution in [0.3, 0.4) is 0 Å². The number of carbonyl (C=O) groups excluding carboxylic acids is 1. The lowest BCUT2D eigenvalue weighted by Crippen LogP contribution is -2.42. The SMILES string of the molecule is Cc1cc(C(=O)N(CC(N)=S)C(C)C)ccc1Br. The van der Waals surface area contributed by atoms with Crippen LogP contribution in [-0.2, 0) is 0 Å². The Morgan fingerprint density at radius 3 is 2.56 bits per heavy atom. The van der Waals surface area contributed by atoms with Crippen molar-refractivity contribution in [3.8, 4) is 0 Å². The number of benzene rings is 1. The Morgan fingerprint density at radius 1 is 1.50 bits per heavy atom. The molecule has 1 amide bonds. The first kappa shape index (κ1) is 15.1. The van der Waals surface area contributed by atoms with Gasteiger partial charge in [0.1, 0.15) is 0 Å². The van der Waals surface area contributed by atoms with Crippen molar-refractivity contribution < 1.29 is 4.79 Å². The minimum Gasteiger partial charge on any atom is -0.392 e. The highest BCUT2D eigenvalue weighted by Gasteiger charge is 2.19. The number of aryl methyl sites for hydroxylation is 1. The molecule has 0 aliphatic heterocycles. The summed E-state index contributed by atoms with van der Waals surface area (Å²) in [5, 5.41) is 0. The lowest BCUT2D eigenvalue weighted by atomic mass is 10.1. The number of thiocarbonyl (C=S) groups is 1. The van der Waals surface area contributed by atoms with Gasteiger partial charge in [-0.15, -0.1) is 0 Å². The molecule has 1 aromatic carbocycles. The van der Waals surface area contributed by atoms with E-state index in [4.69, 9.17) is 18.0 Å². The van der Waals surface area contributed by atoms with Crippen molar-refractivity contribution in [2.75, 3.05) is 6.54 Å². The van der Waals surface area contributed by atoms with E-state index in [-0.39, 0.29) is 11.9 Å². The van der Waals surface area contributed by atoms with Crippen molar-refractivity contribution in [1.82, 2.24) is 4.90 Å². The topological polar surface area (TPSA) is 46.3 Å². The minimum absolute atomic E-state index is 0.0478. The zero-order valence-corrected chi connectivity index (χ0v) is 13.1. The van der Waals surface area contributed by atoms with Gasteiger partial charge in [-0.2, -0.15) is 0 Å². The van der Waals surface area contributed by atoms with E-state index in [1.54, 1.807) is 11.0 Å². The molecule has 0 radical (unpaired) electrons. The molecule has 1 rings (SSSR count). The normalized spacial score (nSPS) is 10.5. The quantitative estimate of drug-likeness (QED) is 0.864. The number of hydrogen-bond donors (Lipinski definition) is 1. The molecule has 98 valence electrons. The number of amides is 1. The summed E-state index contributed by atoms with van der Waals surface area (Å²) in [6.07, 6.45) is 0. The third-order valence-corrected chi connectivity index (χ3v) is 3.63. The minimum atomic E-state index is -0.0478. The molecular formula is C13H17BrN2OS. The Balaban J connectivity index is 3.02. The van der Waals surface area contributed by atoms with Crippen LogP contribution in [0.5, 0.6) is 0 Å². The molecule has 0 saturated heterocycles. The molecule has 0 bridgehead atoms. The van der Waals surface area contributed by atoms with Crippen LogP contribution < -0.4 is 5.73 Å². The highest BCUT2D eigenvalue weighted by atomic mass is 79.9. The van der Waals surface area contributed by atoms with Gasteiger partial charge < -0.3 is 10.6 Å². The molecule has 0 fully saturated rings. The van der Waals surface area contributed by atoms with Crippen LogP contribution in [0.15, 0.2) is 22.7 Å². The summed E-state index contributed by atoms with van der Waals surface area (Å²) in [7, 11) is 0. The first-order valence-corrected chi connectivity index (χ1v) is 6.88. The first-order valence-electron chi connectivity index (χ1n) is 5.68. The fourth-order valence-electron chi connectivity index (χ4n) is 1.60. The number of halogens is 1. The summed E-state index contributed by atoms with van der Waals surface area (Å²) in [5.41, 5.74) is 7.21. The van der Waals surface area contributed by atoms with Gasteiger partial charge in [0, 0.05) is 16.1 Å². The molecule has 0 spiro atoms. The lowest BCUT2D eigenvalue weighted by molar-refractivity contribution is 0.0736. The second kappa shape index (κ2) is 6.29. The van der Waals surface area contributed by atoms with Crippen LogP contribution >= 0.6 is 28.1 Å². The second-order valence-electron chi connectivity index (χ2n) is 4.46. The average molecular weight is 329 g/mol. The Hall–Kier alpha value is -0.940. The molecule has 0 aliphatic carbocycles. The van der Waals surface area contributed by atoms with E-state index in [2.05, 4.69) is 15.9 Å². The lowest BCUT2D eigenvalue weighted by Gasteiger charge is -2.26. The van der Waals surface area contributed by atoms with Gasteiger partial charge in [0.25, 0.3) is 5.91 Å². The van der Waals surface area contributed by atoms with E-state index in [0.717, 1.165) is 10.0 Å². The largest absolute Gasteiger partial charge is 0.392 e. The van der Waals surface area contributed by atoms with Crippen molar-refractivity contribution in [3.05, 3.63) is 33.8 Å². The summed E-state index contributed by atoms with van der Waals surface area (Å²) >= 11 is 8.30. The molecule has 1 aromatic rings. The zero-order chi connectivity index (χ0) is 13.9. The predicted molar refractivity (Wildman–Crippen MR) is 81.8 cm³/mol. The molecule has 3 nitrogen and oxygen atoms in total. The number of nitrogens with two attached hydrogens (primary N) is 1. The molecule has 2 N–H and O–H groups in total. The van der Waals surface area contributed by atoms with Crippen LogP contribution in [0.25, 0.3) is 0 Å². The first-order chi connectivity index (χ1) is 8.32. The number of hydrogen-bond acceptors (Lipinski definition) is 2. The van der Waals surface area contributed by atoms with Gasteiger partial charge >= 0.3 is 0 Å². The van der Waals surface area contributed by atoms with Crippen molar-refractivity contribution in [2.24, 2.45) is 5.73 Å². The number of rotatable bonds is 4. The average Bonchev–Trinajstić information content (AvgIpc) is 2.28. The maximum atomic E-state index is 12.4. The monoisotopic (exact) mass is 328 g/mol. The van der Waals surface area contributed by atoms with Gasteiger partial charge in [-0.1, -0.05) is 28.1 Å². The van der Waals surface area contributed by atoms with Crippen LogP contribution in [0.1, 0.15) is 29.8 Å². The molecule has 0 aliphatic rings. The molecule has 0 unspecified atom stereocenters. The fraction of sp³-hybridized carbons (Fsp3) is 0.385. The highest BCUT2D eigenvalue weighted by molar-refractivity contribution is 9.10. The van der Waals surface area contributed by atoms with E-state index >= 15 is 0 Å². The summed E-state index contributed by atoms with van der Waals surface area (Å²) in [6.45, 7) is 6.15. The molecule has 0 heterocycles. The van der Waals surface area contributed by atoms with Crippen molar-refractivity contribution in [2.45, 2.75) is 26.8 Å². The van der Waals surface area contributed by atoms with Gasteiger partial charge in [-0.25, -0.2) is 0 Å². The fourth-order valence-corrected chi connectivity index (χ4v) is 1.99. The third kappa shape index (κ3) is 3.78. The van der Waals surface area contributed by atoms with Gasteiger partial charge in [0.2, 0.25) is 0 Å². The van der Waals surface area contributed by atoms with Gasteiger partial charge in [0.05, 0.1) is 11.5 Å². The summed E-state index contributed by atoms with van der Waals surface area (Å²) in [5.74, 6) is -0.0478. The van der Waals surface area contributed by atoms with Crippen molar-refractivity contribution in [1.29, 1.82) is 0 Å². The third-order valence-electron chi connectivity index (χ3n) is 2.62. The van der Waals surface area contributed by atoms with Crippen LogP contribution in [0.2, 0.25) is 0 Å². The molecule has 18 heavy (non-hydrogen) atoms. The van der Waals surface area contributed by atoms with Crippen LogP contribution in [0.4, 0.5) is 0 Å². The highest BCUT2D eigenvalue weighted by Crippen LogP contribution is 2.18. The van der Waals surface area contributed by atoms with E-state index in [1.807, 2.05) is 32.9 Å². The van der Waals surface area contributed by atoms with Crippen molar-refractivity contribution >= 4 is 39.0 Å². The molecule has 5 heteroatoms. The maximum absolute atomic E-state index is 12.4. The summed E-state index contributed by atoms with van der Waals surface area (Å²) in [4.78, 5) is 14.4. The Labute approximate surface area is 121 Å². The van der Waals surface area contributed by atoms with Crippen LogP contribution in [0, 0.1) is 6.92 Å². The molecular weight excluding hydrogens is 312 g/mol. The van der Waals surface area contributed by atoms with Crippen LogP contribution in [-0.4, -0.2) is 28.4 Å². The van der Waals surface area contributed by atoms with Gasteiger partial charge in [0.15, 0.2) is 0 Å². The van der Waals surface area contributed by atoms with Gasteiger partial charge in [-0.3, -0.25) is 4.79 Å². The Kier molecular flexibility index (Phi) is 5.28. The molecule has 0 atom stereocenters.